The van der Waals surface area contributed by atoms with Gasteiger partial charge in [0.1, 0.15) is 0 Å². The highest BCUT2D eigenvalue weighted by Crippen LogP contribution is 2.16. The number of halogens is 1. The summed E-state index contributed by atoms with van der Waals surface area (Å²) in [5.41, 5.74) is 1.15. The number of rotatable bonds is 7. The van der Waals surface area contributed by atoms with Crippen LogP contribution in [-0.4, -0.2) is 32.2 Å². The van der Waals surface area contributed by atoms with E-state index in [9.17, 15) is 4.79 Å². The standard InChI is InChI=1S/C14H21BrN2O2/c1-10(9-19-3)17-14(18)8-16-11(2)12-4-6-13(15)7-5-12/h4-7,10-11,16H,8-9H2,1-3H3,(H,17,18)/t10?,11-/m0/s1. The number of carbonyl (C=O) groups excluding carboxylic acids is 1. The molecule has 1 aromatic carbocycles. The van der Waals surface area contributed by atoms with Crippen molar-refractivity contribution in [3.8, 4) is 0 Å². The molecule has 0 aliphatic carbocycles. The van der Waals surface area contributed by atoms with E-state index in [4.69, 9.17) is 4.74 Å². The predicted molar refractivity (Wildman–Crippen MR) is 80.0 cm³/mol. The van der Waals surface area contributed by atoms with Crippen molar-refractivity contribution in [3.05, 3.63) is 34.3 Å². The van der Waals surface area contributed by atoms with Crippen LogP contribution in [0, 0.1) is 0 Å². The molecule has 0 fully saturated rings. The summed E-state index contributed by atoms with van der Waals surface area (Å²) in [6, 6.07) is 8.22. The lowest BCUT2D eigenvalue weighted by molar-refractivity contribution is -0.121. The molecular weight excluding hydrogens is 308 g/mol. The Labute approximate surface area is 123 Å². The Morgan fingerprint density at radius 2 is 1.95 bits per heavy atom. The lowest BCUT2D eigenvalue weighted by atomic mass is 10.1. The molecule has 2 atom stereocenters. The number of hydrogen-bond acceptors (Lipinski definition) is 3. The van der Waals surface area contributed by atoms with Crippen LogP contribution in [0.25, 0.3) is 0 Å². The molecule has 0 aromatic heterocycles. The summed E-state index contributed by atoms with van der Waals surface area (Å²) in [5, 5.41) is 6.06. The molecule has 2 N–H and O–H groups in total. The van der Waals surface area contributed by atoms with Crippen molar-refractivity contribution in [2.24, 2.45) is 0 Å². The van der Waals surface area contributed by atoms with Crippen LogP contribution in [0.2, 0.25) is 0 Å². The van der Waals surface area contributed by atoms with Gasteiger partial charge in [0, 0.05) is 23.7 Å². The van der Waals surface area contributed by atoms with Gasteiger partial charge in [0.15, 0.2) is 0 Å². The van der Waals surface area contributed by atoms with Crippen molar-refractivity contribution >= 4 is 21.8 Å². The lowest BCUT2D eigenvalue weighted by Crippen LogP contribution is -2.41. The Hall–Kier alpha value is -0.910. The summed E-state index contributed by atoms with van der Waals surface area (Å²) in [6.45, 7) is 4.77. The molecule has 1 amide bonds. The number of carbonyl (C=O) groups is 1. The molecule has 1 aromatic rings. The van der Waals surface area contributed by atoms with E-state index in [1.54, 1.807) is 7.11 Å². The minimum absolute atomic E-state index is 0.0199. The maximum atomic E-state index is 11.7. The second-order valence-corrected chi connectivity index (χ2v) is 5.49. The third-order valence-electron chi connectivity index (χ3n) is 2.76. The van der Waals surface area contributed by atoms with Crippen molar-refractivity contribution < 1.29 is 9.53 Å². The van der Waals surface area contributed by atoms with Gasteiger partial charge in [-0.15, -0.1) is 0 Å². The van der Waals surface area contributed by atoms with Crippen LogP contribution in [-0.2, 0) is 9.53 Å². The van der Waals surface area contributed by atoms with Gasteiger partial charge in [-0.1, -0.05) is 28.1 Å². The van der Waals surface area contributed by atoms with E-state index in [1.807, 2.05) is 38.1 Å². The topological polar surface area (TPSA) is 50.4 Å². The smallest absolute Gasteiger partial charge is 0.234 e. The van der Waals surface area contributed by atoms with Crippen molar-refractivity contribution in [1.29, 1.82) is 0 Å². The van der Waals surface area contributed by atoms with Gasteiger partial charge in [0.05, 0.1) is 13.2 Å². The number of benzene rings is 1. The predicted octanol–water partition coefficient (Wildman–Crippen LogP) is 2.25. The first kappa shape index (κ1) is 16.1. The van der Waals surface area contributed by atoms with Crippen LogP contribution in [0.15, 0.2) is 28.7 Å². The van der Waals surface area contributed by atoms with Gasteiger partial charge in [0.2, 0.25) is 5.91 Å². The van der Waals surface area contributed by atoms with E-state index in [1.165, 1.54) is 0 Å². The fourth-order valence-electron chi connectivity index (χ4n) is 1.73. The first-order valence-corrected chi connectivity index (χ1v) is 7.09. The monoisotopic (exact) mass is 328 g/mol. The van der Waals surface area contributed by atoms with Crippen molar-refractivity contribution in [2.45, 2.75) is 25.9 Å². The molecule has 0 aliphatic heterocycles. The Morgan fingerprint density at radius 3 is 2.53 bits per heavy atom. The highest BCUT2D eigenvalue weighted by Gasteiger charge is 2.09. The van der Waals surface area contributed by atoms with E-state index in [0.717, 1.165) is 10.0 Å². The maximum absolute atomic E-state index is 11.7. The van der Waals surface area contributed by atoms with Gasteiger partial charge in [-0.25, -0.2) is 0 Å². The number of nitrogens with one attached hydrogen (secondary N) is 2. The maximum Gasteiger partial charge on any atom is 0.234 e. The summed E-state index contributed by atoms with van der Waals surface area (Å²) in [5.74, 6) is -0.0199. The van der Waals surface area contributed by atoms with Gasteiger partial charge < -0.3 is 15.4 Å². The van der Waals surface area contributed by atoms with Crippen LogP contribution in [0.4, 0.5) is 0 Å². The van der Waals surface area contributed by atoms with Crippen LogP contribution in [0.5, 0.6) is 0 Å². The van der Waals surface area contributed by atoms with Crippen molar-refractivity contribution in [1.82, 2.24) is 10.6 Å². The molecule has 1 unspecified atom stereocenters. The molecule has 1 rings (SSSR count). The summed E-state index contributed by atoms with van der Waals surface area (Å²) < 4.78 is 6.02. The summed E-state index contributed by atoms with van der Waals surface area (Å²) >= 11 is 3.40. The molecule has 4 nitrogen and oxygen atoms in total. The molecule has 0 spiro atoms. The molecule has 0 bridgehead atoms. The Bertz CT molecular complexity index is 395. The Balaban J connectivity index is 2.35. The first-order chi connectivity index (χ1) is 9.02. The number of hydrogen-bond donors (Lipinski definition) is 2. The highest BCUT2D eigenvalue weighted by atomic mass is 79.9. The third kappa shape index (κ3) is 6.18. The quantitative estimate of drug-likeness (QED) is 0.807. The first-order valence-electron chi connectivity index (χ1n) is 6.30. The summed E-state index contributed by atoms with van der Waals surface area (Å²) in [6.07, 6.45) is 0. The van der Waals surface area contributed by atoms with Crippen LogP contribution < -0.4 is 10.6 Å². The van der Waals surface area contributed by atoms with E-state index >= 15 is 0 Å². The fraction of sp³-hybridized carbons (Fsp3) is 0.500. The molecule has 0 heterocycles. The molecule has 0 radical (unpaired) electrons. The van der Waals surface area contributed by atoms with E-state index < -0.39 is 0 Å². The van der Waals surface area contributed by atoms with Gasteiger partial charge in [-0.05, 0) is 31.5 Å². The van der Waals surface area contributed by atoms with Crippen molar-refractivity contribution in [3.63, 3.8) is 0 Å². The molecule has 106 valence electrons. The SMILES string of the molecule is COCC(C)NC(=O)CN[C@@H](C)c1ccc(Br)cc1. The number of ether oxygens (including phenoxy) is 1. The van der Waals surface area contributed by atoms with E-state index in [0.29, 0.717) is 13.2 Å². The second kappa shape index (κ2) is 8.30. The normalized spacial score (nSPS) is 13.9. The third-order valence-corrected chi connectivity index (χ3v) is 3.29. The molecule has 0 saturated carbocycles. The minimum Gasteiger partial charge on any atom is -0.383 e. The number of methoxy groups -OCH3 is 1. The Kier molecular flexibility index (Phi) is 7.05. The average molecular weight is 329 g/mol. The average Bonchev–Trinajstić information content (AvgIpc) is 2.37. The molecule has 19 heavy (non-hydrogen) atoms. The fourth-order valence-corrected chi connectivity index (χ4v) is 2.00. The van der Waals surface area contributed by atoms with E-state index in [2.05, 4.69) is 26.6 Å². The molecule has 5 heteroatoms. The molecule has 0 aliphatic rings. The summed E-state index contributed by atoms with van der Waals surface area (Å²) in [7, 11) is 1.62. The van der Waals surface area contributed by atoms with Gasteiger partial charge >= 0.3 is 0 Å². The van der Waals surface area contributed by atoms with Crippen molar-refractivity contribution in [2.75, 3.05) is 20.3 Å². The zero-order valence-electron chi connectivity index (χ0n) is 11.6. The van der Waals surface area contributed by atoms with Gasteiger partial charge in [0.25, 0.3) is 0 Å². The van der Waals surface area contributed by atoms with Crippen LogP contribution >= 0.6 is 15.9 Å². The molecule has 0 saturated heterocycles. The molecular formula is C14H21BrN2O2. The summed E-state index contributed by atoms with van der Waals surface area (Å²) in [4.78, 5) is 11.7. The highest BCUT2D eigenvalue weighted by molar-refractivity contribution is 9.10. The number of amides is 1. The lowest BCUT2D eigenvalue weighted by Gasteiger charge is -2.16. The zero-order valence-corrected chi connectivity index (χ0v) is 13.2. The zero-order chi connectivity index (χ0) is 14.3. The van der Waals surface area contributed by atoms with Gasteiger partial charge in [-0.2, -0.15) is 0 Å². The minimum atomic E-state index is -0.0199. The van der Waals surface area contributed by atoms with Gasteiger partial charge in [-0.3, -0.25) is 4.79 Å². The second-order valence-electron chi connectivity index (χ2n) is 4.58. The van der Waals surface area contributed by atoms with Crippen LogP contribution in [0.1, 0.15) is 25.5 Å². The Morgan fingerprint density at radius 1 is 1.32 bits per heavy atom. The van der Waals surface area contributed by atoms with E-state index in [-0.39, 0.29) is 18.0 Å². The largest absolute Gasteiger partial charge is 0.383 e. The van der Waals surface area contributed by atoms with Crippen LogP contribution in [0.3, 0.4) is 0 Å².